The van der Waals surface area contributed by atoms with Crippen molar-refractivity contribution in [3.8, 4) is 0 Å². The largest absolute Gasteiger partial charge is 0.369 e. The van der Waals surface area contributed by atoms with Gasteiger partial charge in [-0.05, 0) is 23.2 Å². The van der Waals surface area contributed by atoms with E-state index in [0.717, 1.165) is 24.2 Å². The van der Waals surface area contributed by atoms with Crippen LogP contribution in [-0.2, 0) is 34.0 Å². The van der Waals surface area contributed by atoms with E-state index in [2.05, 4.69) is 48.2 Å². The number of nitrogens with zero attached hydrogens (tertiary/aromatic N) is 1. The third-order valence-electron chi connectivity index (χ3n) is 5.68. The maximum Gasteiger partial charge on any atom is 0.140 e. The summed E-state index contributed by atoms with van der Waals surface area (Å²) >= 11 is 0. The molecule has 1 aliphatic heterocycles. The van der Waals surface area contributed by atoms with Gasteiger partial charge >= 0.3 is 0 Å². The molecule has 0 saturated carbocycles. The molecule has 1 heterocycles. The van der Waals surface area contributed by atoms with Crippen molar-refractivity contribution in [1.29, 1.82) is 0 Å². The van der Waals surface area contributed by atoms with Crippen LogP contribution in [0.3, 0.4) is 0 Å². The van der Waals surface area contributed by atoms with Crippen molar-refractivity contribution in [3.05, 3.63) is 108 Å². The Balaban J connectivity index is 1.46. The molecule has 4 heteroatoms. The molecule has 162 valence electrons. The van der Waals surface area contributed by atoms with Crippen LogP contribution in [-0.4, -0.2) is 36.4 Å². The minimum Gasteiger partial charge on any atom is -0.369 e. The summed E-state index contributed by atoms with van der Waals surface area (Å²) in [6, 6.07) is 30.9. The lowest BCUT2D eigenvalue weighted by atomic mass is 10.2. The fraction of sp³-hybridized carbons (Fsp3) is 0.333. The molecule has 3 aromatic rings. The fourth-order valence-corrected chi connectivity index (χ4v) is 3.98. The predicted octanol–water partition coefficient (Wildman–Crippen LogP) is 5.04. The third kappa shape index (κ3) is 6.02. The summed E-state index contributed by atoms with van der Waals surface area (Å²) in [5.41, 5.74) is 3.48. The number of rotatable bonds is 10. The lowest BCUT2D eigenvalue weighted by Gasteiger charge is -2.28. The van der Waals surface area contributed by atoms with Gasteiger partial charge < -0.3 is 14.2 Å². The molecule has 3 aromatic carbocycles. The molecule has 1 saturated heterocycles. The van der Waals surface area contributed by atoms with Crippen molar-refractivity contribution in [3.63, 3.8) is 0 Å². The highest BCUT2D eigenvalue weighted by atomic mass is 16.6. The molecule has 31 heavy (non-hydrogen) atoms. The topological polar surface area (TPSA) is 30.9 Å². The lowest BCUT2D eigenvalue weighted by molar-refractivity contribution is -0.143. The second kappa shape index (κ2) is 11.2. The van der Waals surface area contributed by atoms with Crippen molar-refractivity contribution in [1.82, 2.24) is 4.90 Å². The zero-order valence-corrected chi connectivity index (χ0v) is 18.1. The van der Waals surface area contributed by atoms with Crippen LogP contribution in [0.15, 0.2) is 91.0 Å². The second-order valence-electron chi connectivity index (χ2n) is 7.87. The van der Waals surface area contributed by atoms with Crippen LogP contribution in [0.25, 0.3) is 0 Å². The van der Waals surface area contributed by atoms with E-state index in [-0.39, 0.29) is 18.4 Å². The summed E-state index contributed by atoms with van der Waals surface area (Å²) in [6.45, 7) is 5.50. The van der Waals surface area contributed by atoms with Gasteiger partial charge in [-0.2, -0.15) is 0 Å². The molecule has 0 aliphatic carbocycles. The molecule has 4 nitrogen and oxygen atoms in total. The minimum atomic E-state index is -0.160. The first kappa shape index (κ1) is 21.7. The van der Waals surface area contributed by atoms with Gasteiger partial charge in [-0.15, -0.1) is 0 Å². The van der Waals surface area contributed by atoms with Crippen LogP contribution >= 0.6 is 0 Å². The van der Waals surface area contributed by atoms with E-state index in [1.807, 2.05) is 54.6 Å². The molecule has 0 spiro atoms. The molecular formula is C27H31NO3. The predicted molar refractivity (Wildman–Crippen MR) is 122 cm³/mol. The SMILES string of the molecule is CCN1C[C@@H](OCc2ccccc2)[C@@H](OCc2ccccc2)[C@H]1OCc1ccccc1. The first-order chi connectivity index (χ1) is 15.3. The Bertz CT molecular complexity index is 888. The van der Waals surface area contributed by atoms with Crippen molar-refractivity contribution < 1.29 is 14.2 Å². The number of ether oxygens (including phenoxy) is 3. The Morgan fingerprint density at radius 1 is 0.645 bits per heavy atom. The highest BCUT2D eigenvalue weighted by Crippen LogP contribution is 2.27. The van der Waals surface area contributed by atoms with Gasteiger partial charge in [-0.25, -0.2) is 0 Å². The van der Waals surface area contributed by atoms with E-state index in [1.54, 1.807) is 0 Å². The van der Waals surface area contributed by atoms with E-state index in [1.165, 1.54) is 5.56 Å². The van der Waals surface area contributed by atoms with Crippen molar-refractivity contribution in [2.75, 3.05) is 13.1 Å². The average molecular weight is 418 g/mol. The Kier molecular flexibility index (Phi) is 7.86. The third-order valence-corrected chi connectivity index (χ3v) is 5.68. The molecule has 0 N–H and O–H groups in total. The average Bonchev–Trinajstić information content (AvgIpc) is 3.18. The highest BCUT2D eigenvalue weighted by Gasteiger charge is 2.43. The molecule has 0 radical (unpaired) electrons. The number of likely N-dealkylation sites (tertiary alicyclic amines) is 1. The maximum absolute atomic E-state index is 6.43. The standard InChI is InChI=1S/C27H31NO3/c1-2-28-18-25(29-19-22-12-6-3-7-13-22)26(30-20-23-14-8-4-9-15-23)27(28)31-21-24-16-10-5-11-17-24/h3-17,25-27H,2,18-21H2,1H3/t25-,26-,27-/m1/s1. The molecule has 1 fully saturated rings. The van der Waals surface area contributed by atoms with Gasteiger partial charge in [-0.3, -0.25) is 4.90 Å². The van der Waals surface area contributed by atoms with Crippen LogP contribution in [0.5, 0.6) is 0 Å². The Labute approximate surface area is 185 Å². The number of hydrogen-bond donors (Lipinski definition) is 0. The molecule has 0 bridgehead atoms. The molecule has 0 amide bonds. The summed E-state index contributed by atoms with van der Waals surface area (Å²) in [5, 5.41) is 0. The zero-order chi connectivity index (χ0) is 21.3. The molecule has 0 aromatic heterocycles. The maximum atomic E-state index is 6.43. The monoisotopic (exact) mass is 417 g/mol. The summed E-state index contributed by atoms with van der Waals surface area (Å²) < 4.78 is 19.2. The summed E-state index contributed by atoms with van der Waals surface area (Å²) in [6.07, 6.45) is -0.355. The summed E-state index contributed by atoms with van der Waals surface area (Å²) in [7, 11) is 0. The zero-order valence-electron chi connectivity index (χ0n) is 18.1. The van der Waals surface area contributed by atoms with E-state index < -0.39 is 0 Å². The van der Waals surface area contributed by atoms with E-state index in [4.69, 9.17) is 14.2 Å². The number of benzene rings is 3. The quantitative estimate of drug-likeness (QED) is 0.463. The second-order valence-corrected chi connectivity index (χ2v) is 7.87. The molecule has 0 unspecified atom stereocenters. The summed E-state index contributed by atoms with van der Waals surface area (Å²) in [5.74, 6) is 0. The van der Waals surface area contributed by atoms with Crippen LogP contribution in [0.1, 0.15) is 23.6 Å². The van der Waals surface area contributed by atoms with Gasteiger partial charge in [0, 0.05) is 6.54 Å². The first-order valence-electron chi connectivity index (χ1n) is 11.0. The van der Waals surface area contributed by atoms with E-state index in [0.29, 0.717) is 19.8 Å². The van der Waals surface area contributed by atoms with Crippen molar-refractivity contribution >= 4 is 0 Å². The van der Waals surface area contributed by atoms with E-state index >= 15 is 0 Å². The van der Waals surface area contributed by atoms with Gasteiger partial charge in [0.15, 0.2) is 0 Å². The number of likely N-dealkylation sites (N-methyl/N-ethyl adjacent to an activating group) is 1. The lowest BCUT2D eigenvalue weighted by Crippen LogP contribution is -2.40. The molecule has 1 aliphatic rings. The van der Waals surface area contributed by atoms with Crippen LogP contribution in [0.4, 0.5) is 0 Å². The Hall–Kier alpha value is -2.50. The summed E-state index contributed by atoms with van der Waals surface area (Å²) in [4.78, 5) is 2.31. The highest BCUT2D eigenvalue weighted by molar-refractivity contribution is 5.15. The normalized spacial score (nSPS) is 21.4. The van der Waals surface area contributed by atoms with Crippen molar-refractivity contribution in [2.45, 2.75) is 45.2 Å². The molecule has 4 rings (SSSR count). The van der Waals surface area contributed by atoms with Gasteiger partial charge in [0.25, 0.3) is 0 Å². The van der Waals surface area contributed by atoms with Crippen LogP contribution in [0.2, 0.25) is 0 Å². The minimum absolute atomic E-state index is 0.0513. The molecule has 3 atom stereocenters. The number of hydrogen-bond acceptors (Lipinski definition) is 4. The molecular weight excluding hydrogens is 386 g/mol. The van der Waals surface area contributed by atoms with Gasteiger partial charge in [0.1, 0.15) is 18.4 Å². The van der Waals surface area contributed by atoms with Gasteiger partial charge in [0.2, 0.25) is 0 Å². The van der Waals surface area contributed by atoms with Crippen molar-refractivity contribution in [2.24, 2.45) is 0 Å². The Morgan fingerprint density at radius 2 is 1.10 bits per heavy atom. The van der Waals surface area contributed by atoms with E-state index in [9.17, 15) is 0 Å². The van der Waals surface area contributed by atoms with Gasteiger partial charge in [-0.1, -0.05) is 97.9 Å². The first-order valence-corrected chi connectivity index (χ1v) is 11.0. The fourth-order valence-electron chi connectivity index (χ4n) is 3.98. The smallest absolute Gasteiger partial charge is 0.140 e. The Morgan fingerprint density at radius 3 is 1.58 bits per heavy atom. The van der Waals surface area contributed by atoms with Crippen LogP contribution in [0, 0.1) is 0 Å². The van der Waals surface area contributed by atoms with Gasteiger partial charge in [0.05, 0.1) is 19.8 Å². The van der Waals surface area contributed by atoms with Crippen LogP contribution < -0.4 is 0 Å².